The maximum atomic E-state index is 10.7. The second-order valence-corrected chi connectivity index (χ2v) is 11.3. The fraction of sp³-hybridized carbons (Fsp3) is 0.643. The highest BCUT2D eigenvalue weighted by Crippen LogP contribution is 2.39. The molecule has 6 nitrogen and oxygen atoms in total. The summed E-state index contributed by atoms with van der Waals surface area (Å²) in [6.07, 6.45) is 0.948. The number of methoxy groups -OCH3 is 1. The van der Waals surface area contributed by atoms with Gasteiger partial charge in [0, 0.05) is 13.2 Å². The lowest BCUT2D eigenvalue weighted by Crippen LogP contribution is -2.42. The first-order chi connectivity index (χ1) is 9.58. The van der Waals surface area contributed by atoms with Crippen LogP contribution < -0.4 is 0 Å². The number of rotatable bonds is 6. The van der Waals surface area contributed by atoms with Crippen LogP contribution in [0.5, 0.6) is 0 Å². The van der Waals surface area contributed by atoms with Crippen molar-refractivity contribution in [3.8, 4) is 0 Å². The molecule has 0 radical (unpaired) electrons. The van der Waals surface area contributed by atoms with E-state index in [0.717, 1.165) is 0 Å². The molecule has 0 spiro atoms. The van der Waals surface area contributed by atoms with Crippen LogP contribution in [-0.4, -0.2) is 31.9 Å². The van der Waals surface area contributed by atoms with Gasteiger partial charge in [-0.25, -0.2) is 0 Å². The van der Waals surface area contributed by atoms with Gasteiger partial charge in [0.25, 0.3) is 5.69 Å². The largest absolute Gasteiger partial charge is 0.406 e. The molecule has 0 bridgehead atoms. The van der Waals surface area contributed by atoms with Gasteiger partial charge in [-0.05, 0) is 24.2 Å². The van der Waals surface area contributed by atoms with Gasteiger partial charge in [-0.2, -0.15) is 0 Å². The van der Waals surface area contributed by atoms with Gasteiger partial charge in [0.1, 0.15) is 12.3 Å². The van der Waals surface area contributed by atoms with Crippen LogP contribution in [0.4, 0.5) is 5.69 Å². The number of hydrogen-bond donors (Lipinski definition) is 0. The van der Waals surface area contributed by atoms with E-state index in [-0.39, 0.29) is 16.8 Å². The fourth-order valence-electron chi connectivity index (χ4n) is 1.56. The minimum atomic E-state index is -1.98. The average molecular weight is 312 g/mol. The van der Waals surface area contributed by atoms with E-state index in [1.165, 1.54) is 12.3 Å². The predicted octanol–water partition coefficient (Wildman–Crippen LogP) is 3.70. The standard InChI is InChI=1S/C14H24N2O4Si/c1-14(2,3)21(5,6)20-13(10-19-4)12-8-7-11(9-15-12)16(17)18/h7-9,13H,10H2,1-6H3/t13-/m0/s1. The van der Waals surface area contributed by atoms with Crippen molar-refractivity contribution >= 4 is 14.0 Å². The molecule has 0 N–H and O–H groups in total. The highest BCUT2D eigenvalue weighted by Gasteiger charge is 2.39. The topological polar surface area (TPSA) is 74.5 Å². The minimum absolute atomic E-state index is 0.0257. The van der Waals surface area contributed by atoms with Crippen molar-refractivity contribution in [1.29, 1.82) is 0 Å². The molecule has 0 aromatic carbocycles. The van der Waals surface area contributed by atoms with E-state index in [2.05, 4.69) is 38.8 Å². The van der Waals surface area contributed by atoms with Crippen LogP contribution in [0.2, 0.25) is 18.1 Å². The molecule has 0 fully saturated rings. The number of pyridine rings is 1. The number of nitrogens with zero attached hydrogens (tertiary/aromatic N) is 2. The Bertz CT molecular complexity index is 483. The third-order valence-corrected chi connectivity index (χ3v) is 8.36. The molecular formula is C14H24N2O4Si. The van der Waals surface area contributed by atoms with Crippen molar-refractivity contribution in [2.24, 2.45) is 0 Å². The molecule has 0 unspecified atom stereocenters. The molecule has 0 saturated heterocycles. The summed E-state index contributed by atoms with van der Waals surface area (Å²) >= 11 is 0. The van der Waals surface area contributed by atoms with E-state index < -0.39 is 13.2 Å². The number of hydrogen-bond acceptors (Lipinski definition) is 5. The Balaban J connectivity index is 2.99. The maximum Gasteiger partial charge on any atom is 0.287 e. The molecule has 0 saturated carbocycles. The van der Waals surface area contributed by atoms with Gasteiger partial charge in [0.2, 0.25) is 0 Å². The summed E-state index contributed by atoms with van der Waals surface area (Å²) < 4.78 is 11.5. The van der Waals surface area contributed by atoms with Gasteiger partial charge in [0.15, 0.2) is 8.32 Å². The van der Waals surface area contributed by atoms with Crippen LogP contribution >= 0.6 is 0 Å². The summed E-state index contributed by atoms with van der Waals surface area (Å²) in [4.78, 5) is 14.4. The van der Waals surface area contributed by atoms with Gasteiger partial charge >= 0.3 is 0 Å². The van der Waals surface area contributed by atoms with Crippen molar-refractivity contribution in [2.75, 3.05) is 13.7 Å². The van der Waals surface area contributed by atoms with Crippen LogP contribution in [-0.2, 0) is 9.16 Å². The van der Waals surface area contributed by atoms with Gasteiger partial charge < -0.3 is 9.16 Å². The first-order valence-corrected chi connectivity index (χ1v) is 9.76. The summed E-state index contributed by atoms with van der Waals surface area (Å²) in [6, 6.07) is 3.08. The van der Waals surface area contributed by atoms with Gasteiger partial charge in [-0.1, -0.05) is 20.8 Å². The molecule has 0 amide bonds. The van der Waals surface area contributed by atoms with E-state index in [1.54, 1.807) is 13.2 Å². The Hall–Kier alpha value is -1.31. The normalized spacial score (nSPS) is 14.0. The second kappa shape index (κ2) is 6.63. The lowest BCUT2D eigenvalue weighted by molar-refractivity contribution is -0.385. The number of ether oxygens (including phenoxy) is 1. The van der Waals surface area contributed by atoms with Gasteiger partial charge in [-0.3, -0.25) is 15.1 Å². The Labute approximate surface area is 126 Å². The maximum absolute atomic E-state index is 10.7. The van der Waals surface area contributed by atoms with Crippen molar-refractivity contribution in [3.63, 3.8) is 0 Å². The number of nitro groups is 1. The fourth-order valence-corrected chi connectivity index (χ4v) is 2.81. The van der Waals surface area contributed by atoms with Crippen molar-refractivity contribution in [2.45, 2.75) is 45.0 Å². The Morgan fingerprint density at radius 1 is 1.38 bits per heavy atom. The highest BCUT2D eigenvalue weighted by molar-refractivity contribution is 6.74. The lowest BCUT2D eigenvalue weighted by atomic mass is 10.2. The Morgan fingerprint density at radius 3 is 2.38 bits per heavy atom. The number of aromatic nitrogens is 1. The summed E-state index contributed by atoms with van der Waals surface area (Å²) in [6.45, 7) is 11.2. The van der Waals surface area contributed by atoms with E-state index in [1.807, 2.05) is 0 Å². The van der Waals surface area contributed by atoms with Crippen LogP contribution in [0.1, 0.15) is 32.6 Å². The zero-order valence-corrected chi connectivity index (χ0v) is 14.5. The summed E-state index contributed by atoms with van der Waals surface area (Å²) in [5, 5.41) is 10.8. The zero-order chi connectivity index (χ0) is 16.3. The predicted molar refractivity (Wildman–Crippen MR) is 83.8 cm³/mol. The summed E-state index contributed by atoms with van der Waals surface area (Å²) in [5.41, 5.74) is 0.634. The quantitative estimate of drug-likeness (QED) is 0.455. The van der Waals surface area contributed by atoms with E-state index in [4.69, 9.17) is 9.16 Å². The van der Waals surface area contributed by atoms with Gasteiger partial charge in [-0.15, -0.1) is 0 Å². The molecule has 7 heteroatoms. The van der Waals surface area contributed by atoms with Crippen LogP contribution in [0.3, 0.4) is 0 Å². The van der Waals surface area contributed by atoms with E-state index >= 15 is 0 Å². The Kier molecular flexibility index (Phi) is 5.60. The van der Waals surface area contributed by atoms with Crippen molar-refractivity contribution in [3.05, 3.63) is 34.1 Å². The highest BCUT2D eigenvalue weighted by atomic mass is 28.4. The monoisotopic (exact) mass is 312 g/mol. The van der Waals surface area contributed by atoms with Crippen molar-refractivity contribution in [1.82, 2.24) is 4.98 Å². The molecule has 1 rings (SSSR count). The SMILES string of the molecule is COC[C@H](O[Si](C)(C)C(C)(C)C)c1ccc([N+](=O)[O-])cn1. The Morgan fingerprint density at radius 2 is 2.00 bits per heavy atom. The van der Waals surface area contributed by atoms with E-state index in [9.17, 15) is 10.1 Å². The first kappa shape index (κ1) is 17.7. The van der Waals surface area contributed by atoms with Crippen LogP contribution in [0, 0.1) is 10.1 Å². The third-order valence-electron chi connectivity index (χ3n) is 3.87. The molecule has 1 atom stereocenters. The van der Waals surface area contributed by atoms with Crippen LogP contribution in [0.15, 0.2) is 18.3 Å². The molecule has 0 aliphatic carbocycles. The van der Waals surface area contributed by atoms with Crippen LogP contribution in [0.25, 0.3) is 0 Å². The smallest absolute Gasteiger partial charge is 0.287 e. The molecule has 0 aliphatic heterocycles. The molecule has 21 heavy (non-hydrogen) atoms. The molecule has 1 aromatic rings. The molecule has 118 valence electrons. The zero-order valence-electron chi connectivity index (χ0n) is 13.5. The lowest BCUT2D eigenvalue weighted by Gasteiger charge is -2.39. The summed E-state index contributed by atoms with van der Waals surface area (Å²) in [5.74, 6) is 0. The molecule has 1 aromatic heterocycles. The summed E-state index contributed by atoms with van der Waals surface area (Å²) in [7, 11) is -0.373. The second-order valence-electron chi connectivity index (χ2n) is 6.52. The van der Waals surface area contributed by atoms with E-state index in [0.29, 0.717) is 12.3 Å². The van der Waals surface area contributed by atoms with Crippen molar-refractivity contribution < 1.29 is 14.1 Å². The minimum Gasteiger partial charge on any atom is -0.406 e. The molecular weight excluding hydrogens is 288 g/mol. The molecule has 0 aliphatic rings. The average Bonchev–Trinajstić information content (AvgIpc) is 2.37. The first-order valence-electron chi connectivity index (χ1n) is 6.85. The van der Waals surface area contributed by atoms with Gasteiger partial charge in [0.05, 0.1) is 17.2 Å². The molecule has 1 heterocycles. The third kappa shape index (κ3) is 4.59.